The Morgan fingerprint density at radius 3 is 2.88 bits per heavy atom. The molecule has 96 valence electrons. The van der Waals surface area contributed by atoms with Gasteiger partial charge in [0, 0.05) is 26.1 Å². The van der Waals surface area contributed by atoms with E-state index in [4.69, 9.17) is 10.2 Å². The molecule has 0 amide bonds. The highest BCUT2D eigenvalue weighted by atomic mass is 32.2. The van der Waals surface area contributed by atoms with Crippen LogP contribution in [0.25, 0.3) is 0 Å². The number of sulfone groups is 1. The molecule has 7 nitrogen and oxygen atoms in total. The van der Waals surface area contributed by atoms with Gasteiger partial charge in [-0.05, 0) is 6.42 Å². The maximum Gasteiger partial charge on any atom is 0.318 e. The standard InChI is InChI=1S/C9H16N4O3S/c10-3-2-8-11-12-9(16-8)13-4-1-6-17(14,15)7-5-13/h1-7,10H2. The van der Waals surface area contributed by atoms with Crippen LogP contribution in [0.2, 0.25) is 0 Å². The van der Waals surface area contributed by atoms with Crippen molar-refractivity contribution in [3.8, 4) is 0 Å². The lowest BCUT2D eigenvalue weighted by Gasteiger charge is -2.15. The molecule has 2 heterocycles. The van der Waals surface area contributed by atoms with Crippen LogP contribution in [0.1, 0.15) is 12.3 Å². The van der Waals surface area contributed by atoms with Crippen LogP contribution in [0.5, 0.6) is 0 Å². The second-order valence-corrected chi connectivity index (χ2v) is 6.31. The molecule has 1 aromatic heterocycles. The number of nitrogens with two attached hydrogens (primary N) is 1. The van der Waals surface area contributed by atoms with Gasteiger partial charge >= 0.3 is 6.01 Å². The highest BCUT2D eigenvalue weighted by molar-refractivity contribution is 7.91. The predicted octanol–water partition coefficient (Wildman–Crippen LogP) is -0.804. The molecule has 1 fully saturated rings. The molecule has 1 aliphatic rings. The normalized spacial score (nSPS) is 20.2. The number of nitrogens with zero attached hydrogens (tertiary/aromatic N) is 3. The summed E-state index contributed by atoms with van der Waals surface area (Å²) in [5.41, 5.74) is 5.39. The molecule has 0 spiro atoms. The first-order valence-electron chi connectivity index (χ1n) is 5.58. The third-order valence-electron chi connectivity index (χ3n) is 2.64. The van der Waals surface area contributed by atoms with Gasteiger partial charge in [-0.15, -0.1) is 5.10 Å². The summed E-state index contributed by atoms with van der Waals surface area (Å²) in [5.74, 6) is 0.865. The molecule has 1 aliphatic heterocycles. The Morgan fingerprint density at radius 2 is 2.12 bits per heavy atom. The Hall–Kier alpha value is -1.15. The molecule has 0 bridgehead atoms. The molecule has 0 saturated carbocycles. The van der Waals surface area contributed by atoms with Crippen LogP contribution in [0.15, 0.2) is 4.42 Å². The molecule has 0 aliphatic carbocycles. The summed E-state index contributed by atoms with van der Waals surface area (Å²) in [6.07, 6.45) is 1.13. The van der Waals surface area contributed by atoms with Crippen LogP contribution in [0, 0.1) is 0 Å². The van der Waals surface area contributed by atoms with Gasteiger partial charge in [0.25, 0.3) is 0 Å². The zero-order valence-electron chi connectivity index (χ0n) is 9.50. The second-order valence-electron chi connectivity index (χ2n) is 4.01. The summed E-state index contributed by atoms with van der Waals surface area (Å²) < 4.78 is 28.3. The quantitative estimate of drug-likeness (QED) is 0.758. The number of hydrogen-bond acceptors (Lipinski definition) is 7. The summed E-state index contributed by atoms with van der Waals surface area (Å²) in [4.78, 5) is 1.82. The van der Waals surface area contributed by atoms with Crippen LogP contribution in [-0.4, -0.2) is 49.8 Å². The van der Waals surface area contributed by atoms with E-state index >= 15 is 0 Å². The van der Waals surface area contributed by atoms with Crippen LogP contribution in [0.3, 0.4) is 0 Å². The van der Waals surface area contributed by atoms with Gasteiger partial charge in [-0.2, -0.15) is 0 Å². The van der Waals surface area contributed by atoms with Gasteiger partial charge < -0.3 is 15.1 Å². The van der Waals surface area contributed by atoms with Crippen molar-refractivity contribution in [2.24, 2.45) is 5.73 Å². The monoisotopic (exact) mass is 260 g/mol. The predicted molar refractivity (Wildman–Crippen MR) is 62.5 cm³/mol. The van der Waals surface area contributed by atoms with Crippen molar-refractivity contribution in [3.05, 3.63) is 5.89 Å². The Morgan fingerprint density at radius 1 is 1.29 bits per heavy atom. The molecule has 0 atom stereocenters. The summed E-state index contributed by atoms with van der Waals surface area (Å²) in [5, 5.41) is 7.77. The molecule has 1 saturated heterocycles. The number of aromatic nitrogens is 2. The van der Waals surface area contributed by atoms with E-state index in [1.807, 2.05) is 4.90 Å². The van der Waals surface area contributed by atoms with Crippen molar-refractivity contribution in [1.82, 2.24) is 10.2 Å². The van der Waals surface area contributed by atoms with Gasteiger partial charge in [-0.3, -0.25) is 0 Å². The summed E-state index contributed by atoms with van der Waals surface area (Å²) in [6.45, 7) is 1.49. The minimum Gasteiger partial charge on any atom is -0.408 e. The Balaban J connectivity index is 2.06. The van der Waals surface area contributed by atoms with E-state index in [2.05, 4.69) is 10.2 Å². The van der Waals surface area contributed by atoms with Crippen LogP contribution < -0.4 is 10.6 Å². The summed E-state index contributed by atoms with van der Waals surface area (Å²) in [6, 6.07) is 0.394. The molecule has 2 rings (SSSR count). The maximum atomic E-state index is 11.4. The van der Waals surface area contributed by atoms with Gasteiger partial charge in [0.2, 0.25) is 5.89 Å². The van der Waals surface area contributed by atoms with Gasteiger partial charge in [0.15, 0.2) is 9.84 Å². The van der Waals surface area contributed by atoms with Crippen molar-refractivity contribution in [1.29, 1.82) is 0 Å². The zero-order chi connectivity index (χ0) is 12.3. The van der Waals surface area contributed by atoms with E-state index in [-0.39, 0.29) is 11.5 Å². The lowest BCUT2D eigenvalue weighted by Crippen LogP contribution is -2.26. The van der Waals surface area contributed by atoms with Crippen molar-refractivity contribution in [2.75, 3.05) is 36.0 Å². The SMILES string of the molecule is NCCc1nnc(N2CCCS(=O)(=O)CC2)o1. The highest BCUT2D eigenvalue weighted by Crippen LogP contribution is 2.15. The van der Waals surface area contributed by atoms with E-state index < -0.39 is 9.84 Å². The average molecular weight is 260 g/mol. The van der Waals surface area contributed by atoms with Gasteiger partial charge in [0.05, 0.1) is 11.5 Å². The minimum atomic E-state index is -2.92. The molecule has 0 aromatic carbocycles. The van der Waals surface area contributed by atoms with Crippen molar-refractivity contribution in [3.63, 3.8) is 0 Å². The lowest BCUT2D eigenvalue weighted by atomic mass is 10.4. The number of hydrogen-bond donors (Lipinski definition) is 1. The smallest absolute Gasteiger partial charge is 0.318 e. The Labute approximate surface area is 99.9 Å². The maximum absolute atomic E-state index is 11.4. The first kappa shape index (κ1) is 12.3. The third-order valence-corrected chi connectivity index (χ3v) is 4.36. The fourth-order valence-electron chi connectivity index (χ4n) is 1.73. The van der Waals surface area contributed by atoms with E-state index in [1.54, 1.807) is 0 Å². The molecular formula is C9H16N4O3S. The van der Waals surface area contributed by atoms with Gasteiger partial charge in [0.1, 0.15) is 0 Å². The first-order valence-corrected chi connectivity index (χ1v) is 7.41. The van der Waals surface area contributed by atoms with Crippen molar-refractivity contribution in [2.45, 2.75) is 12.8 Å². The molecule has 8 heteroatoms. The first-order chi connectivity index (χ1) is 8.11. The van der Waals surface area contributed by atoms with Crippen molar-refractivity contribution < 1.29 is 12.8 Å². The minimum absolute atomic E-state index is 0.140. The average Bonchev–Trinajstić information content (AvgIpc) is 2.64. The molecular weight excluding hydrogens is 244 g/mol. The van der Waals surface area contributed by atoms with E-state index in [1.165, 1.54) is 0 Å². The number of anilines is 1. The van der Waals surface area contributed by atoms with Gasteiger partial charge in [-0.25, -0.2) is 8.42 Å². The molecule has 17 heavy (non-hydrogen) atoms. The fraction of sp³-hybridized carbons (Fsp3) is 0.778. The van der Waals surface area contributed by atoms with Crippen LogP contribution in [0.4, 0.5) is 6.01 Å². The van der Waals surface area contributed by atoms with Gasteiger partial charge in [-0.1, -0.05) is 5.10 Å². The summed E-state index contributed by atoms with van der Waals surface area (Å²) >= 11 is 0. The zero-order valence-corrected chi connectivity index (χ0v) is 10.3. The largest absolute Gasteiger partial charge is 0.408 e. The topological polar surface area (TPSA) is 102 Å². The van der Waals surface area contributed by atoms with Crippen LogP contribution >= 0.6 is 0 Å². The molecule has 0 radical (unpaired) electrons. The van der Waals surface area contributed by atoms with Crippen molar-refractivity contribution >= 4 is 15.9 Å². The fourth-order valence-corrected chi connectivity index (χ4v) is 3.00. The lowest BCUT2D eigenvalue weighted by molar-refractivity contribution is 0.485. The Bertz CT molecular complexity index is 470. The van der Waals surface area contributed by atoms with E-state index in [0.717, 1.165) is 0 Å². The highest BCUT2D eigenvalue weighted by Gasteiger charge is 2.22. The summed E-state index contributed by atoms with van der Waals surface area (Å²) in [7, 11) is -2.92. The van der Waals surface area contributed by atoms with E-state index in [9.17, 15) is 8.42 Å². The molecule has 2 N–H and O–H groups in total. The number of rotatable bonds is 3. The second kappa shape index (κ2) is 5.01. The van der Waals surface area contributed by atoms with Crippen LogP contribution in [-0.2, 0) is 16.3 Å². The molecule has 1 aromatic rings. The third kappa shape index (κ3) is 3.16. The Kier molecular flexibility index (Phi) is 3.63. The van der Waals surface area contributed by atoms with E-state index in [0.29, 0.717) is 44.4 Å². The molecule has 0 unspecified atom stereocenters.